The lowest BCUT2D eigenvalue weighted by Crippen LogP contribution is -2.38. The molecular weight excluding hydrogens is 407 g/mol. The summed E-state index contributed by atoms with van der Waals surface area (Å²) in [5.41, 5.74) is 9.04. The molecule has 1 saturated heterocycles. The van der Waals surface area contributed by atoms with E-state index >= 15 is 0 Å². The van der Waals surface area contributed by atoms with Crippen LogP contribution in [0.5, 0.6) is 0 Å². The second-order valence-corrected chi connectivity index (χ2v) is 9.76. The fourth-order valence-electron chi connectivity index (χ4n) is 4.13. The van der Waals surface area contributed by atoms with Gasteiger partial charge in [0.2, 0.25) is 16.0 Å². The third kappa shape index (κ3) is 3.70. The Morgan fingerprint density at radius 3 is 2.60 bits per heavy atom. The van der Waals surface area contributed by atoms with Gasteiger partial charge in [0.15, 0.2) is 0 Å². The van der Waals surface area contributed by atoms with Crippen LogP contribution in [0.25, 0.3) is 22.0 Å². The lowest BCUT2D eigenvalue weighted by molar-refractivity contribution is 0.100. The second-order valence-electron chi connectivity index (χ2n) is 7.50. The van der Waals surface area contributed by atoms with Crippen LogP contribution >= 0.6 is 0 Å². The molecule has 9 heteroatoms. The van der Waals surface area contributed by atoms with Crippen molar-refractivity contribution in [1.82, 2.24) is 14.3 Å². The lowest BCUT2D eigenvalue weighted by Gasteiger charge is -2.31. The normalized spacial score (nSPS) is 16.2. The summed E-state index contributed by atoms with van der Waals surface area (Å²) < 4.78 is 39.1. The molecule has 3 aromatic rings. The van der Waals surface area contributed by atoms with Gasteiger partial charge in [0.1, 0.15) is 0 Å². The number of carbonyl (C=O) groups excluding carboxylic acids is 1. The average Bonchev–Trinajstić information content (AvgIpc) is 3.17. The third-order valence-corrected chi connectivity index (χ3v) is 7.68. The van der Waals surface area contributed by atoms with E-state index in [1.54, 1.807) is 23.4 Å². The van der Waals surface area contributed by atoms with Gasteiger partial charge in [0, 0.05) is 36.4 Å². The number of hydrogen-bond acceptors (Lipinski definition) is 4. The van der Waals surface area contributed by atoms with Crippen molar-refractivity contribution >= 4 is 26.8 Å². The van der Waals surface area contributed by atoms with Gasteiger partial charge in [-0.3, -0.25) is 4.79 Å². The molecule has 7 nitrogen and oxygen atoms in total. The number of rotatable bonds is 5. The predicted octanol–water partition coefficient (Wildman–Crippen LogP) is 3.00. The highest BCUT2D eigenvalue weighted by atomic mass is 32.2. The number of nitrogens with two attached hydrogens (primary N) is 1. The number of aromatic amines is 1. The number of primary amides is 1. The van der Waals surface area contributed by atoms with Gasteiger partial charge in [-0.05, 0) is 61.1 Å². The molecule has 0 bridgehead atoms. The van der Waals surface area contributed by atoms with Gasteiger partial charge < -0.3 is 10.7 Å². The maximum absolute atomic E-state index is 13.2. The molecule has 0 saturated carbocycles. The number of halogens is 1. The van der Waals surface area contributed by atoms with Gasteiger partial charge in [-0.15, -0.1) is 0 Å². The van der Waals surface area contributed by atoms with E-state index in [-0.39, 0.29) is 11.7 Å². The lowest BCUT2D eigenvalue weighted by atomic mass is 9.88. The quantitative estimate of drug-likeness (QED) is 0.607. The SMILES string of the molecule is CCS(=O)(=O)N1CCC(c2c[nH]c3c(C(N)=O)cc(-c4ccc(F)nc4)cc23)CC1. The number of aromatic nitrogens is 2. The van der Waals surface area contributed by atoms with E-state index in [1.165, 1.54) is 12.3 Å². The number of H-pyrrole nitrogens is 1. The van der Waals surface area contributed by atoms with Gasteiger partial charge in [-0.25, -0.2) is 17.7 Å². The largest absolute Gasteiger partial charge is 0.366 e. The smallest absolute Gasteiger partial charge is 0.250 e. The van der Waals surface area contributed by atoms with Gasteiger partial charge in [-0.1, -0.05) is 0 Å². The Morgan fingerprint density at radius 2 is 2.00 bits per heavy atom. The molecule has 3 heterocycles. The number of amides is 1. The van der Waals surface area contributed by atoms with Crippen LogP contribution in [0.15, 0.2) is 36.7 Å². The van der Waals surface area contributed by atoms with Gasteiger partial charge in [0.25, 0.3) is 5.91 Å². The molecule has 0 radical (unpaired) electrons. The van der Waals surface area contributed by atoms with Crippen molar-refractivity contribution in [2.75, 3.05) is 18.8 Å². The van der Waals surface area contributed by atoms with E-state index in [0.717, 1.165) is 16.5 Å². The summed E-state index contributed by atoms with van der Waals surface area (Å²) in [5, 5.41) is 0.863. The van der Waals surface area contributed by atoms with Crippen molar-refractivity contribution in [2.24, 2.45) is 5.73 Å². The van der Waals surface area contributed by atoms with Crippen molar-refractivity contribution in [2.45, 2.75) is 25.7 Å². The van der Waals surface area contributed by atoms with Crippen molar-refractivity contribution in [3.05, 3.63) is 53.7 Å². The van der Waals surface area contributed by atoms with Crippen LogP contribution < -0.4 is 5.73 Å². The van der Waals surface area contributed by atoms with Crippen molar-refractivity contribution in [3.63, 3.8) is 0 Å². The monoisotopic (exact) mass is 430 g/mol. The van der Waals surface area contributed by atoms with Gasteiger partial charge >= 0.3 is 0 Å². The molecule has 0 aliphatic carbocycles. The molecule has 4 rings (SSSR count). The zero-order valence-corrected chi connectivity index (χ0v) is 17.4. The summed E-state index contributed by atoms with van der Waals surface area (Å²) in [4.78, 5) is 18.9. The average molecular weight is 431 g/mol. The molecule has 0 unspecified atom stereocenters. The first-order valence-corrected chi connectivity index (χ1v) is 11.5. The Labute approximate surface area is 174 Å². The first-order chi connectivity index (χ1) is 14.3. The fraction of sp³-hybridized carbons (Fsp3) is 0.333. The van der Waals surface area contributed by atoms with Crippen LogP contribution in [0.1, 0.15) is 41.6 Å². The number of nitrogens with one attached hydrogen (secondary N) is 1. The van der Waals surface area contributed by atoms with Crippen molar-refractivity contribution in [1.29, 1.82) is 0 Å². The van der Waals surface area contributed by atoms with E-state index < -0.39 is 21.9 Å². The zero-order chi connectivity index (χ0) is 21.5. The summed E-state index contributed by atoms with van der Waals surface area (Å²) in [7, 11) is -3.19. The third-order valence-electron chi connectivity index (χ3n) is 5.80. The highest BCUT2D eigenvalue weighted by Gasteiger charge is 2.29. The molecule has 0 atom stereocenters. The minimum absolute atomic E-state index is 0.0990. The maximum atomic E-state index is 13.2. The number of piperidine rings is 1. The first-order valence-electron chi connectivity index (χ1n) is 9.84. The zero-order valence-electron chi connectivity index (χ0n) is 16.6. The van der Waals surface area contributed by atoms with E-state index in [1.807, 2.05) is 12.3 Å². The minimum atomic E-state index is -3.19. The van der Waals surface area contributed by atoms with Crippen LogP contribution in [-0.2, 0) is 10.0 Å². The molecule has 1 aliphatic rings. The molecule has 30 heavy (non-hydrogen) atoms. The molecule has 1 fully saturated rings. The van der Waals surface area contributed by atoms with Crippen LogP contribution in [0.3, 0.4) is 0 Å². The van der Waals surface area contributed by atoms with E-state index in [0.29, 0.717) is 42.6 Å². The van der Waals surface area contributed by atoms with Crippen LogP contribution in [0.4, 0.5) is 4.39 Å². The predicted molar refractivity (Wildman–Crippen MR) is 113 cm³/mol. The standard InChI is InChI=1S/C21H23FN4O3S/c1-2-30(28,29)26-7-5-13(6-8-26)18-12-25-20-16(18)9-15(10-17(20)21(23)27)14-3-4-19(22)24-11-14/h3-4,9-13,25H,2,5-8H2,1H3,(H2,23,27). The minimum Gasteiger partial charge on any atom is -0.366 e. The van der Waals surface area contributed by atoms with Crippen LogP contribution in [-0.4, -0.2) is 47.4 Å². The van der Waals surface area contributed by atoms with Crippen molar-refractivity contribution < 1.29 is 17.6 Å². The number of nitrogens with zero attached hydrogens (tertiary/aromatic N) is 2. The molecule has 1 aliphatic heterocycles. The molecule has 158 valence electrons. The number of hydrogen-bond donors (Lipinski definition) is 2. The number of sulfonamides is 1. The number of pyridine rings is 1. The topological polar surface area (TPSA) is 109 Å². The van der Waals surface area contributed by atoms with Crippen LogP contribution in [0, 0.1) is 5.95 Å². The molecule has 1 aromatic carbocycles. The fourth-order valence-corrected chi connectivity index (χ4v) is 5.26. The Morgan fingerprint density at radius 1 is 1.27 bits per heavy atom. The molecule has 0 spiro atoms. The van der Waals surface area contributed by atoms with Gasteiger partial charge in [-0.2, -0.15) is 4.39 Å². The maximum Gasteiger partial charge on any atom is 0.250 e. The van der Waals surface area contributed by atoms with Crippen LogP contribution in [0.2, 0.25) is 0 Å². The van der Waals surface area contributed by atoms with E-state index in [2.05, 4.69) is 9.97 Å². The highest BCUT2D eigenvalue weighted by Crippen LogP contribution is 2.37. The first kappa shape index (κ1) is 20.5. The molecular formula is C21H23FN4O3S. The summed E-state index contributed by atoms with van der Waals surface area (Å²) in [5.74, 6) is -0.883. The van der Waals surface area contributed by atoms with E-state index in [4.69, 9.17) is 5.73 Å². The number of fused-ring (bicyclic) bond motifs is 1. The molecule has 1 amide bonds. The number of carbonyl (C=O) groups is 1. The molecule has 3 N–H and O–H groups in total. The van der Waals surface area contributed by atoms with Crippen molar-refractivity contribution in [3.8, 4) is 11.1 Å². The Bertz CT molecular complexity index is 1200. The molecule has 2 aromatic heterocycles. The Hall–Kier alpha value is -2.78. The summed E-state index contributed by atoms with van der Waals surface area (Å²) in [6, 6.07) is 6.49. The summed E-state index contributed by atoms with van der Waals surface area (Å²) >= 11 is 0. The van der Waals surface area contributed by atoms with E-state index in [9.17, 15) is 17.6 Å². The highest BCUT2D eigenvalue weighted by molar-refractivity contribution is 7.89. The van der Waals surface area contributed by atoms with Gasteiger partial charge in [0.05, 0.1) is 16.8 Å². The Kier molecular flexibility index (Phi) is 5.33. The summed E-state index contributed by atoms with van der Waals surface area (Å²) in [6.07, 6.45) is 4.68. The second kappa shape index (κ2) is 7.81. The summed E-state index contributed by atoms with van der Waals surface area (Å²) in [6.45, 7) is 2.59. The Balaban J connectivity index is 1.73. The number of benzene rings is 1.